The molecule has 1 aromatic carbocycles. The molecule has 4 heteroatoms. The molecule has 0 bridgehead atoms. The van der Waals surface area contributed by atoms with Crippen molar-refractivity contribution in [3.8, 4) is 5.75 Å². The van der Waals surface area contributed by atoms with Crippen LogP contribution in [-0.2, 0) is 6.54 Å². The van der Waals surface area contributed by atoms with Crippen LogP contribution >= 0.6 is 0 Å². The molecule has 0 spiro atoms. The lowest BCUT2D eigenvalue weighted by atomic mass is 10.1. The first-order valence-electron chi connectivity index (χ1n) is 6.95. The van der Waals surface area contributed by atoms with Crippen molar-refractivity contribution in [2.24, 2.45) is 0 Å². The Kier molecular flexibility index (Phi) is 4.56. The quantitative estimate of drug-likeness (QED) is 0.758. The first-order valence-corrected chi connectivity index (χ1v) is 6.95. The van der Waals surface area contributed by atoms with Gasteiger partial charge in [0.05, 0.1) is 6.10 Å². The number of aromatic nitrogens is 2. The number of hydrogen-bond acceptors (Lipinski definition) is 3. The zero-order chi connectivity index (χ0) is 14.5. The van der Waals surface area contributed by atoms with Crippen molar-refractivity contribution >= 4 is 5.78 Å². The van der Waals surface area contributed by atoms with Crippen LogP contribution in [0.5, 0.6) is 5.75 Å². The van der Waals surface area contributed by atoms with Crippen LogP contribution in [-0.4, -0.2) is 21.7 Å². The number of aryl methyl sites for hydroxylation is 1. The summed E-state index contributed by atoms with van der Waals surface area (Å²) >= 11 is 0. The number of nitrogens with zero attached hydrogens (tertiary/aromatic N) is 2. The van der Waals surface area contributed by atoms with Gasteiger partial charge in [-0.3, -0.25) is 9.48 Å². The lowest BCUT2D eigenvalue weighted by Crippen LogP contribution is -2.12. The van der Waals surface area contributed by atoms with Crippen LogP contribution in [0.4, 0.5) is 0 Å². The summed E-state index contributed by atoms with van der Waals surface area (Å²) in [5.41, 5.74) is 1.24. The van der Waals surface area contributed by atoms with E-state index in [9.17, 15) is 4.79 Å². The van der Waals surface area contributed by atoms with E-state index < -0.39 is 0 Å². The van der Waals surface area contributed by atoms with E-state index in [0.717, 1.165) is 13.0 Å². The largest absolute Gasteiger partial charge is 0.491 e. The van der Waals surface area contributed by atoms with Crippen LogP contribution in [0.25, 0.3) is 0 Å². The van der Waals surface area contributed by atoms with Crippen molar-refractivity contribution in [1.29, 1.82) is 0 Å². The smallest absolute Gasteiger partial charge is 0.211 e. The van der Waals surface area contributed by atoms with Gasteiger partial charge in [-0.05, 0) is 38.5 Å². The Balaban J connectivity index is 2.26. The van der Waals surface area contributed by atoms with Gasteiger partial charge in [0.15, 0.2) is 0 Å². The van der Waals surface area contributed by atoms with Crippen molar-refractivity contribution in [2.75, 3.05) is 0 Å². The van der Waals surface area contributed by atoms with Crippen molar-refractivity contribution < 1.29 is 9.53 Å². The first-order chi connectivity index (χ1) is 9.61. The zero-order valence-corrected chi connectivity index (χ0v) is 12.2. The van der Waals surface area contributed by atoms with E-state index in [2.05, 4.69) is 12.0 Å². The number of hydrogen-bond donors (Lipinski definition) is 0. The minimum absolute atomic E-state index is 0.0230. The molecule has 106 valence electrons. The van der Waals surface area contributed by atoms with E-state index in [4.69, 9.17) is 4.74 Å². The Morgan fingerprint density at radius 3 is 2.85 bits per heavy atom. The molecular formula is C16H20N2O2. The minimum Gasteiger partial charge on any atom is -0.491 e. The summed E-state index contributed by atoms with van der Waals surface area (Å²) in [6.45, 7) is 6.74. The van der Waals surface area contributed by atoms with Gasteiger partial charge in [-0.1, -0.05) is 19.1 Å². The van der Waals surface area contributed by atoms with E-state index in [1.165, 1.54) is 0 Å². The molecular weight excluding hydrogens is 252 g/mol. The predicted molar refractivity (Wildman–Crippen MR) is 78.2 cm³/mol. The topological polar surface area (TPSA) is 44.1 Å². The molecule has 0 radical (unpaired) electrons. The summed E-state index contributed by atoms with van der Waals surface area (Å²) in [4.78, 5) is 12.5. The van der Waals surface area contributed by atoms with Crippen LogP contribution in [0.3, 0.4) is 0 Å². The lowest BCUT2D eigenvalue weighted by molar-refractivity contribution is 0.102. The fourth-order valence-corrected chi connectivity index (χ4v) is 2.05. The number of carbonyl (C=O) groups is 1. The second-order valence-corrected chi connectivity index (χ2v) is 4.96. The third kappa shape index (κ3) is 3.26. The molecule has 0 N–H and O–H groups in total. The first kappa shape index (κ1) is 14.3. The van der Waals surface area contributed by atoms with Gasteiger partial charge in [-0.25, -0.2) is 0 Å². The zero-order valence-electron chi connectivity index (χ0n) is 12.2. The molecule has 2 rings (SSSR count). The highest BCUT2D eigenvalue weighted by atomic mass is 16.5. The third-order valence-corrected chi connectivity index (χ3v) is 2.85. The Labute approximate surface area is 119 Å². The highest BCUT2D eigenvalue weighted by Crippen LogP contribution is 2.18. The normalized spacial score (nSPS) is 10.8. The van der Waals surface area contributed by atoms with E-state index >= 15 is 0 Å². The van der Waals surface area contributed by atoms with Crippen LogP contribution in [0.2, 0.25) is 0 Å². The molecule has 0 atom stereocenters. The Bertz CT molecular complexity index is 588. The molecule has 0 aliphatic carbocycles. The second kappa shape index (κ2) is 6.37. The molecule has 20 heavy (non-hydrogen) atoms. The Hall–Kier alpha value is -2.10. The molecule has 1 heterocycles. The number of carbonyl (C=O) groups excluding carboxylic acids is 1. The molecule has 1 aromatic heterocycles. The van der Waals surface area contributed by atoms with E-state index in [1.54, 1.807) is 29.1 Å². The fourth-order valence-electron chi connectivity index (χ4n) is 2.05. The van der Waals surface area contributed by atoms with Gasteiger partial charge >= 0.3 is 0 Å². The molecule has 0 fully saturated rings. The summed E-state index contributed by atoms with van der Waals surface area (Å²) in [6.07, 6.45) is 2.70. The van der Waals surface area contributed by atoms with Gasteiger partial charge in [0.25, 0.3) is 0 Å². The number of benzene rings is 1. The van der Waals surface area contributed by atoms with Crippen LogP contribution < -0.4 is 4.74 Å². The maximum absolute atomic E-state index is 12.5. The number of ether oxygens (including phenoxy) is 1. The van der Waals surface area contributed by atoms with Crippen LogP contribution in [0, 0.1) is 0 Å². The summed E-state index contributed by atoms with van der Waals surface area (Å²) in [5, 5.41) is 4.19. The molecule has 0 saturated heterocycles. The average molecular weight is 272 g/mol. The van der Waals surface area contributed by atoms with Gasteiger partial charge in [-0.15, -0.1) is 0 Å². The van der Waals surface area contributed by atoms with Crippen LogP contribution in [0.15, 0.2) is 36.5 Å². The molecule has 2 aromatic rings. The van der Waals surface area contributed by atoms with Crippen molar-refractivity contribution in [3.05, 3.63) is 47.8 Å². The SMILES string of the molecule is CCCn1nccc1C(=O)c1cccc(OC(C)C)c1. The van der Waals surface area contributed by atoms with E-state index in [1.807, 2.05) is 26.0 Å². The maximum Gasteiger partial charge on any atom is 0.211 e. The molecule has 0 aliphatic rings. The molecule has 0 aliphatic heterocycles. The monoisotopic (exact) mass is 272 g/mol. The van der Waals surface area contributed by atoms with E-state index in [-0.39, 0.29) is 11.9 Å². The number of rotatable bonds is 6. The summed E-state index contributed by atoms with van der Waals surface area (Å²) in [5.74, 6) is 0.692. The summed E-state index contributed by atoms with van der Waals surface area (Å²) in [6, 6.07) is 9.05. The van der Waals surface area contributed by atoms with Crippen LogP contribution in [0.1, 0.15) is 43.2 Å². The van der Waals surface area contributed by atoms with Gasteiger partial charge in [0, 0.05) is 18.3 Å². The minimum atomic E-state index is -0.0230. The average Bonchev–Trinajstić information content (AvgIpc) is 2.86. The van der Waals surface area contributed by atoms with E-state index in [0.29, 0.717) is 17.0 Å². The molecule has 0 unspecified atom stereocenters. The maximum atomic E-state index is 12.5. The predicted octanol–water partition coefficient (Wildman–Crippen LogP) is 3.31. The molecule has 4 nitrogen and oxygen atoms in total. The van der Waals surface area contributed by atoms with Gasteiger partial charge in [0.1, 0.15) is 11.4 Å². The standard InChI is InChI=1S/C16H20N2O2/c1-4-10-18-15(8-9-17-18)16(19)13-6-5-7-14(11-13)20-12(2)3/h5-9,11-12H,4,10H2,1-3H3. The van der Waals surface area contributed by atoms with Crippen molar-refractivity contribution in [2.45, 2.75) is 39.8 Å². The van der Waals surface area contributed by atoms with Gasteiger partial charge in [-0.2, -0.15) is 5.10 Å². The third-order valence-electron chi connectivity index (χ3n) is 2.85. The number of ketones is 1. The lowest BCUT2D eigenvalue weighted by Gasteiger charge is -2.11. The molecule has 0 amide bonds. The fraction of sp³-hybridized carbons (Fsp3) is 0.375. The van der Waals surface area contributed by atoms with Gasteiger partial charge < -0.3 is 4.74 Å². The van der Waals surface area contributed by atoms with Crippen molar-refractivity contribution in [3.63, 3.8) is 0 Å². The van der Waals surface area contributed by atoms with Crippen molar-refractivity contribution in [1.82, 2.24) is 9.78 Å². The molecule has 0 saturated carbocycles. The Morgan fingerprint density at radius 1 is 1.35 bits per heavy atom. The second-order valence-electron chi connectivity index (χ2n) is 4.96. The Morgan fingerprint density at radius 2 is 2.15 bits per heavy atom. The highest BCUT2D eigenvalue weighted by molar-refractivity contribution is 6.08. The summed E-state index contributed by atoms with van der Waals surface area (Å²) in [7, 11) is 0. The van der Waals surface area contributed by atoms with Gasteiger partial charge in [0.2, 0.25) is 5.78 Å². The summed E-state index contributed by atoms with van der Waals surface area (Å²) < 4.78 is 7.37. The highest BCUT2D eigenvalue weighted by Gasteiger charge is 2.14.